The first-order chi connectivity index (χ1) is 13.6. The van der Waals surface area contributed by atoms with Gasteiger partial charge >= 0.3 is 0 Å². The van der Waals surface area contributed by atoms with Crippen molar-refractivity contribution in [2.75, 3.05) is 6.54 Å². The summed E-state index contributed by atoms with van der Waals surface area (Å²) < 4.78 is 0. The molecule has 2 N–H and O–H groups in total. The summed E-state index contributed by atoms with van der Waals surface area (Å²) in [4.78, 5) is 12.8. The Morgan fingerprint density at radius 3 is 2.11 bits per heavy atom. The van der Waals surface area contributed by atoms with Crippen LogP contribution < -0.4 is 5.32 Å². The van der Waals surface area contributed by atoms with Gasteiger partial charge in [-0.2, -0.15) is 0 Å². The molecule has 3 rings (SSSR count). The van der Waals surface area contributed by atoms with E-state index in [1.807, 2.05) is 66.7 Å². The molecule has 0 spiro atoms. The van der Waals surface area contributed by atoms with Gasteiger partial charge in [0.25, 0.3) is 0 Å². The molecular weight excluding hydrogens is 346 g/mol. The fourth-order valence-electron chi connectivity index (χ4n) is 3.38. The Kier molecular flexibility index (Phi) is 7.12. The van der Waals surface area contributed by atoms with Crippen molar-refractivity contribution < 1.29 is 9.90 Å². The molecule has 28 heavy (non-hydrogen) atoms. The maximum atomic E-state index is 12.8. The Bertz CT molecular complexity index is 877. The molecule has 0 amide bonds. The second-order valence-corrected chi connectivity index (χ2v) is 7.19. The van der Waals surface area contributed by atoms with E-state index in [0.717, 1.165) is 12.0 Å². The van der Waals surface area contributed by atoms with Crippen LogP contribution in [0.1, 0.15) is 40.1 Å². The summed E-state index contributed by atoms with van der Waals surface area (Å²) in [5, 5.41) is 14.1. The minimum atomic E-state index is -0.728. The van der Waals surface area contributed by atoms with Gasteiger partial charge in [-0.3, -0.25) is 4.79 Å². The molecule has 0 aromatic heterocycles. The van der Waals surface area contributed by atoms with E-state index in [4.69, 9.17) is 0 Å². The van der Waals surface area contributed by atoms with E-state index in [-0.39, 0.29) is 11.8 Å². The van der Waals surface area contributed by atoms with Gasteiger partial charge in [-0.15, -0.1) is 0 Å². The lowest BCUT2D eigenvalue weighted by Crippen LogP contribution is -2.32. The Hall–Kier alpha value is -2.75. The number of nitrogens with one attached hydrogen (secondary N) is 1. The number of benzene rings is 3. The van der Waals surface area contributed by atoms with Crippen molar-refractivity contribution in [3.8, 4) is 0 Å². The molecule has 0 fully saturated rings. The number of carbonyl (C=O) groups excluding carboxylic acids is 1. The van der Waals surface area contributed by atoms with Crippen LogP contribution in [0.4, 0.5) is 0 Å². The maximum absolute atomic E-state index is 12.8. The third kappa shape index (κ3) is 5.62. The van der Waals surface area contributed by atoms with Crippen molar-refractivity contribution in [3.05, 3.63) is 107 Å². The number of aliphatic hydroxyl groups excluding tert-OH is 1. The predicted octanol–water partition coefficient (Wildman–Crippen LogP) is 4.37. The molecule has 0 aliphatic rings. The minimum absolute atomic E-state index is 0.0261. The van der Waals surface area contributed by atoms with E-state index >= 15 is 0 Å². The van der Waals surface area contributed by atoms with Crippen LogP contribution >= 0.6 is 0 Å². The molecule has 0 saturated heterocycles. The SMILES string of the molecule is CC(Cc1ccccc1)NC[C@H](O)c1ccccc1C(=O)Cc1ccccc1. The fraction of sp³-hybridized carbons (Fsp3) is 0.240. The topological polar surface area (TPSA) is 49.3 Å². The van der Waals surface area contributed by atoms with E-state index in [9.17, 15) is 9.90 Å². The highest BCUT2D eigenvalue weighted by Gasteiger charge is 2.18. The normalized spacial score (nSPS) is 13.1. The Balaban J connectivity index is 1.62. The van der Waals surface area contributed by atoms with Crippen molar-refractivity contribution in [3.63, 3.8) is 0 Å². The molecule has 0 radical (unpaired) electrons. The average molecular weight is 373 g/mol. The number of rotatable bonds is 9. The average Bonchev–Trinajstić information content (AvgIpc) is 2.73. The molecule has 3 aromatic rings. The van der Waals surface area contributed by atoms with E-state index < -0.39 is 6.10 Å². The van der Waals surface area contributed by atoms with Gasteiger partial charge in [0.1, 0.15) is 0 Å². The van der Waals surface area contributed by atoms with E-state index in [1.54, 1.807) is 6.07 Å². The molecule has 0 heterocycles. The fourth-order valence-corrected chi connectivity index (χ4v) is 3.38. The molecule has 144 valence electrons. The zero-order valence-corrected chi connectivity index (χ0v) is 16.2. The van der Waals surface area contributed by atoms with Crippen LogP contribution in [0.2, 0.25) is 0 Å². The van der Waals surface area contributed by atoms with Gasteiger partial charge in [-0.1, -0.05) is 84.9 Å². The number of hydrogen-bond acceptors (Lipinski definition) is 3. The van der Waals surface area contributed by atoms with Crippen LogP contribution in [-0.4, -0.2) is 23.5 Å². The van der Waals surface area contributed by atoms with Gasteiger partial charge in [0.2, 0.25) is 0 Å². The van der Waals surface area contributed by atoms with Gasteiger partial charge in [-0.25, -0.2) is 0 Å². The summed E-state index contributed by atoms with van der Waals surface area (Å²) in [7, 11) is 0. The molecule has 3 heteroatoms. The van der Waals surface area contributed by atoms with Crippen LogP contribution in [0.3, 0.4) is 0 Å². The van der Waals surface area contributed by atoms with E-state index in [2.05, 4.69) is 24.4 Å². The zero-order chi connectivity index (χ0) is 19.8. The van der Waals surface area contributed by atoms with Gasteiger partial charge in [0, 0.05) is 24.6 Å². The third-order valence-corrected chi connectivity index (χ3v) is 4.87. The lowest BCUT2D eigenvalue weighted by Gasteiger charge is -2.19. The number of hydrogen-bond donors (Lipinski definition) is 2. The molecule has 2 atom stereocenters. The molecule has 0 aliphatic heterocycles. The molecule has 0 bridgehead atoms. The van der Waals surface area contributed by atoms with Crippen molar-refractivity contribution in [2.24, 2.45) is 0 Å². The van der Waals surface area contributed by atoms with Crippen LogP contribution in [-0.2, 0) is 12.8 Å². The summed E-state index contributed by atoms with van der Waals surface area (Å²) in [6, 6.07) is 27.6. The van der Waals surface area contributed by atoms with E-state index in [1.165, 1.54) is 5.56 Å². The highest BCUT2D eigenvalue weighted by Crippen LogP contribution is 2.20. The molecule has 3 aromatic carbocycles. The highest BCUT2D eigenvalue weighted by atomic mass is 16.3. The lowest BCUT2D eigenvalue weighted by atomic mass is 9.95. The zero-order valence-electron chi connectivity index (χ0n) is 16.2. The molecular formula is C25H27NO2. The quantitative estimate of drug-likeness (QED) is 0.548. The smallest absolute Gasteiger partial charge is 0.167 e. The summed E-state index contributed by atoms with van der Waals surface area (Å²) in [5.41, 5.74) is 3.51. The Morgan fingerprint density at radius 2 is 1.43 bits per heavy atom. The van der Waals surface area contributed by atoms with Crippen LogP contribution in [0.15, 0.2) is 84.9 Å². The van der Waals surface area contributed by atoms with E-state index in [0.29, 0.717) is 24.1 Å². The summed E-state index contributed by atoms with van der Waals surface area (Å²) in [5.74, 6) is 0.0261. The Morgan fingerprint density at radius 1 is 0.857 bits per heavy atom. The monoisotopic (exact) mass is 373 g/mol. The molecule has 1 unspecified atom stereocenters. The van der Waals surface area contributed by atoms with Crippen LogP contribution in [0, 0.1) is 0 Å². The minimum Gasteiger partial charge on any atom is -0.387 e. The van der Waals surface area contributed by atoms with Gasteiger partial charge in [-0.05, 0) is 30.0 Å². The summed E-state index contributed by atoms with van der Waals surface area (Å²) >= 11 is 0. The number of carbonyl (C=O) groups is 1. The number of aliphatic hydroxyl groups is 1. The largest absolute Gasteiger partial charge is 0.387 e. The van der Waals surface area contributed by atoms with Crippen molar-refractivity contribution >= 4 is 5.78 Å². The summed E-state index contributed by atoms with van der Waals surface area (Å²) in [6.45, 7) is 2.51. The predicted molar refractivity (Wildman–Crippen MR) is 113 cm³/mol. The second kappa shape index (κ2) is 9.98. The molecule has 0 saturated carbocycles. The second-order valence-electron chi connectivity index (χ2n) is 7.19. The van der Waals surface area contributed by atoms with Crippen molar-refractivity contribution in [1.82, 2.24) is 5.32 Å². The first-order valence-electron chi connectivity index (χ1n) is 9.75. The first kappa shape index (κ1) is 20.0. The van der Waals surface area contributed by atoms with Gasteiger partial charge in [0.05, 0.1) is 6.10 Å². The van der Waals surface area contributed by atoms with Crippen molar-refractivity contribution in [2.45, 2.75) is 31.9 Å². The van der Waals surface area contributed by atoms with Crippen LogP contribution in [0.5, 0.6) is 0 Å². The number of ketones is 1. The highest BCUT2D eigenvalue weighted by molar-refractivity contribution is 5.99. The van der Waals surface area contributed by atoms with Gasteiger partial charge < -0.3 is 10.4 Å². The molecule has 3 nitrogen and oxygen atoms in total. The number of Topliss-reactive ketones (excluding diaryl/α,β-unsaturated/α-hetero) is 1. The summed E-state index contributed by atoms with van der Waals surface area (Å²) in [6.07, 6.45) is 0.499. The maximum Gasteiger partial charge on any atom is 0.167 e. The van der Waals surface area contributed by atoms with Crippen LogP contribution in [0.25, 0.3) is 0 Å². The Labute approximate surface area is 167 Å². The standard InChI is InChI=1S/C25H27NO2/c1-19(16-20-10-4-2-5-11-20)26-18-25(28)23-15-9-8-14-22(23)24(27)17-21-12-6-3-7-13-21/h2-15,19,25-26,28H,16-18H2,1H3/t19?,25-/m0/s1. The van der Waals surface area contributed by atoms with Crippen molar-refractivity contribution in [1.29, 1.82) is 0 Å². The van der Waals surface area contributed by atoms with Gasteiger partial charge in [0.15, 0.2) is 5.78 Å². The first-order valence-corrected chi connectivity index (χ1v) is 9.75. The molecule has 0 aliphatic carbocycles. The third-order valence-electron chi connectivity index (χ3n) is 4.87. The lowest BCUT2D eigenvalue weighted by molar-refractivity contribution is 0.0984.